The van der Waals surface area contributed by atoms with Gasteiger partial charge in [0.2, 0.25) is 0 Å². The first-order chi connectivity index (χ1) is 13.5. The minimum absolute atomic E-state index is 0.239. The first kappa shape index (κ1) is 18.1. The molecule has 1 amide bonds. The molecule has 4 aromatic rings. The van der Waals surface area contributed by atoms with Crippen LogP contribution in [0.3, 0.4) is 0 Å². The molecular weight excluding hydrogens is 370 g/mol. The molecule has 0 saturated carbocycles. The van der Waals surface area contributed by atoms with E-state index in [1.165, 1.54) is 22.5 Å². The van der Waals surface area contributed by atoms with Crippen molar-refractivity contribution in [1.29, 1.82) is 0 Å². The molecule has 4 rings (SSSR count). The van der Waals surface area contributed by atoms with Gasteiger partial charge in [0.05, 0.1) is 17.6 Å². The van der Waals surface area contributed by atoms with Crippen molar-refractivity contribution < 1.29 is 4.79 Å². The highest BCUT2D eigenvalue weighted by atomic mass is 32.1. The number of benzene rings is 2. The summed E-state index contributed by atoms with van der Waals surface area (Å²) in [5, 5.41) is 13.3. The molecule has 2 heterocycles. The number of rotatable bonds is 4. The van der Waals surface area contributed by atoms with E-state index in [9.17, 15) is 4.79 Å². The van der Waals surface area contributed by atoms with Gasteiger partial charge < -0.3 is 0 Å². The number of carbonyl (C=O) groups excluding carboxylic acids is 1. The van der Waals surface area contributed by atoms with E-state index in [1.807, 2.05) is 35.7 Å². The Kier molecular flexibility index (Phi) is 4.75. The molecule has 0 atom stereocenters. The molecule has 0 bridgehead atoms. The van der Waals surface area contributed by atoms with E-state index in [0.717, 1.165) is 22.5 Å². The summed E-state index contributed by atoms with van der Waals surface area (Å²) >= 11 is 1.39. The molecule has 2 aromatic heterocycles. The lowest BCUT2D eigenvalue weighted by molar-refractivity contribution is 0.102. The van der Waals surface area contributed by atoms with Crippen LogP contribution < -0.4 is 5.32 Å². The second kappa shape index (κ2) is 7.36. The van der Waals surface area contributed by atoms with Gasteiger partial charge in [0.1, 0.15) is 0 Å². The maximum absolute atomic E-state index is 12.5. The topological polar surface area (TPSA) is 72.7 Å². The number of hydrogen-bond donors (Lipinski definition) is 1. The second-order valence-corrected chi connectivity index (χ2v) is 7.49. The quantitative estimate of drug-likeness (QED) is 0.555. The van der Waals surface area contributed by atoms with Gasteiger partial charge in [0.15, 0.2) is 10.8 Å². The summed E-state index contributed by atoms with van der Waals surface area (Å²) in [6.45, 7) is 6.26. The number of nitrogens with one attached hydrogen (secondary N) is 1. The zero-order valence-corrected chi connectivity index (χ0v) is 16.6. The predicted octanol–water partition coefficient (Wildman–Crippen LogP) is 4.57. The summed E-state index contributed by atoms with van der Waals surface area (Å²) in [7, 11) is 0. The number of nitrogens with zero attached hydrogens (tertiary/aromatic N) is 4. The van der Waals surface area contributed by atoms with Gasteiger partial charge in [-0.1, -0.05) is 29.5 Å². The van der Waals surface area contributed by atoms with Crippen LogP contribution in [0.5, 0.6) is 0 Å². The highest BCUT2D eigenvalue weighted by Crippen LogP contribution is 2.29. The molecule has 0 aliphatic heterocycles. The van der Waals surface area contributed by atoms with Gasteiger partial charge >= 0.3 is 0 Å². The van der Waals surface area contributed by atoms with Crippen LogP contribution in [0.15, 0.2) is 54.0 Å². The highest BCUT2D eigenvalue weighted by molar-refractivity contribution is 7.14. The number of aryl methyl sites for hydroxylation is 3. The third kappa shape index (κ3) is 3.57. The summed E-state index contributed by atoms with van der Waals surface area (Å²) in [6, 6.07) is 13.8. The average Bonchev–Trinajstić information content (AvgIpc) is 3.35. The maximum Gasteiger partial charge on any atom is 0.279 e. The fraction of sp³-hybridized carbons (Fsp3) is 0.143. The van der Waals surface area contributed by atoms with Crippen molar-refractivity contribution in [2.75, 3.05) is 5.32 Å². The Labute approximate surface area is 166 Å². The Morgan fingerprint density at radius 2 is 1.79 bits per heavy atom. The fourth-order valence-corrected chi connectivity index (χ4v) is 3.63. The first-order valence-corrected chi connectivity index (χ1v) is 9.72. The van der Waals surface area contributed by atoms with Crippen LogP contribution in [0.25, 0.3) is 16.9 Å². The number of carbonyl (C=O) groups is 1. The van der Waals surface area contributed by atoms with Crippen molar-refractivity contribution in [1.82, 2.24) is 20.0 Å². The lowest BCUT2D eigenvalue weighted by Gasteiger charge is -2.07. The molecule has 0 aliphatic carbocycles. The number of amides is 1. The highest BCUT2D eigenvalue weighted by Gasteiger charge is 2.15. The molecule has 6 nitrogen and oxygen atoms in total. The summed E-state index contributed by atoms with van der Waals surface area (Å²) in [5.74, 6) is -0.333. The van der Waals surface area contributed by atoms with E-state index < -0.39 is 0 Å². The first-order valence-electron chi connectivity index (χ1n) is 8.84. The number of hydrogen-bond acceptors (Lipinski definition) is 5. The predicted molar refractivity (Wildman–Crippen MR) is 111 cm³/mol. The molecule has 0 radical (unpaired) electrons. The molecular formula is C21H19N5OS. The van der Waals surface area contributed by atoms with Crippen LogP contribution in [-0.4, -0.2) is 25.9 Å². The fourth-order valence-electron chi connectivity index (χ4n) is 2.93. The summed E-state index contributed by atoms with van der Waals surface area (Å²) in [4.78, 5) is 17.1. The summed E-state index contributed by atoms with van der Waals surface area (Å²) < 4.78 is 1.57. The molecule has 0 unspecified atom stereocenters. The van der Waals surface area contributed by atoms with E-state index >= 15 is 0 Å². The number of thiazole rings is 1. The number of anilines is 1. The standard InChI is InChI=1S/C21H19N5OS/c1-13-9-15(3)17(10-14(13)2)19-12-28-21(22-19)23-20(27)18-11-26(25-24-18)16-7-5-4-6-8-16/h4-12H,1-3H3,(H,22,23,27). The molecule has 2 aromatic carbocycles. The van der Waals surface area contributed by atoms with Crippen LogP contribution >= 0.6 is 11.3 Å². The minimum Gasteiger partial charge on any atom is -0.296 e. The zero-order chi connectivity index (χ0) is 19.7. The van der Waals surface area contributed by atoms with E-state index in [4.69, 9.17) is 0 Å². The number of para-hydroxylation sites is 1. The van der Waals surface area contributed by atoms with Crippen molar-refractivity contribution in [3.8, 4) is 16.9 Å². The second-order valence-electron chi connectivity index (χ2n) is 6.63. The monoisotopic (exact) mass is 389 g/mol. The Morgan fingerprint density at radius 3 is 2.57 bits per heavy atom. The Morgan fingerprint density at radius 1 is 1.04 bits per heavy atom. The van der Waals surface area contributed by atoms with Gasteiger partial charge in [-0.25, -0.2) is 9.67 Å². The molecule has 0 fully saturated rings. The smallest absolute Gasteiger partial charge is 0.279 e. The van der Waals surface area contributed by atoms with Crippen LogP contribution in [0.4, 0.5) is 5.13 Å². The lowest BCUT2D eigenvalue weighted by atomic mass is 9.99. The van der Waals surface area contributed by atoms with E-state index in [-0.39, 0.29) is 11.6 Å². The SMILES string of the molecule is Cc1cc(C)c(-c2csc(NC(=O)c3cn(-c4ccccc4)nn3)n2)cc1C. The molecule has 0 saturated heterocycles. The van der Waals surface area contributed by atoms with E-state index in [1.54, 1.807) is 10.9 Å². The third-order valence-corrected chi connectivity index (χ3v) is 5.35. The van der Waals surface area contributed by atoms with Gasteiger partial charge in [-0.05, 0) is 55.7 Å². The van der Waals surface area contributed by atoms with E-state index in [0.29, 0.717) is 5.13 Å². The van der Waals surface area contributed by atoms with Gasteiger partial charge in [0.25, 0.3) is 5.91 Å². The van der Waals surface area contributed by atoms with Crippen LogP contribution in [-0.2, 0) is 0 Å². The maximum atomic E-state index is 12.5. The van der Waals surface area contributed by atoms with Gasteiger partial charge in [0, 0.05) is 10.9 Å². The van der Waals surface area contributed by atoms with Gasteiger partial charge in [-0.2, -0.15) is 0 Å². The van der Waals surface area contributed by atoms with E-state index in [2.05, 4.69) is 53.5 Å². The third-order valence-electron chi connectivity index (χ3n) is 4.59. The summed E-state index contributed by atoms with van der Waals surface area (Å²) in [5.41, 5.74) is 6.66. The molecule has 0 aliphatic rings. The van der Waals surface area contributed by atoms with Gasteiger partial charge in [-0.15, -0.1) is 16.4 Å². The Balaban J connectivity index is 1.52. The normalized spacial score (nSPS) is 10.8. The van der Waals surface area contributed by atoms with Crippen molar-refractivity contribution in [3.05, 3.63) is 76.4 Å². The van der Waals surface area contributed by atoms with Crippen LogP contribution in [0, 0.1) is 20.8 Å². The largest absolute Gasteiger partial charge is 0.296 e. The minimum atomic E-state index is -0.333. The van der Waals surface area contributed by atoms with Crippen LogP contribution in [0.2, 0.25) is 0 Å². The molecule has 28 heavy (non-hydrogen) atoms. The molecule has 0 spiro atoms. The molecule has 140 valence electrons. The average molecular weight is 389 g/mol. The van der Waals surface area contributed by atoms with Crippen molar-refractivity contribution in [3.63, 3.8) is 0 Å². The zero-order valence-electron chi connectivity index (χ0n) is 15.8. The van der Waals surface area contributed by atoms with Crippen molar-refractivity contribution >= 4 is 22.4 Å². The van der Waals surface area contributed by atoms with Gasteiger partial charge in [-0.3, -0.25) is 10.1 Å². The Bertz CT molecular complexity index is 1150. The summed E-state index contributed by atoms with van der Waals surface area (Å²) in [6.07, 6.45) is 1.60. The number of aromatic nitrogens is 4. The van der Waals surface area contributed by atoms with Crippen LogP contribution in [0.1, 0.15) is 27.2 Å². The van der Waals surface area contributed by atoms with Crippen molar-refractivity contribution in [2.45, 2.75) is 20.8 Å². The lowest BCUT2D eigenvalue weighted by Crippen LogP contribution is -2.12. The Hall–Kier alpha value is -3.32. The molecule has 7 heteroatoms. The molecule has 1 N–H and O–H groups in total. The van der Waals surface area contributed by atoms with Crippen molar-refractivity contribution in [2.24, 2.45) is 0 Å².